The molecular weight excluding hydrogens is 308 g/mol. The molecular formula is C23H32O2. The molecule has 0 aliphatic heterocycles. The number of unbranched alkanes of at least 4 members (excludes halogenated alkanes) is 3. The third-order valence-corrected chi connectivity index (χ3v) is 4.83. The van der Waals surface area contributed by atoms with Gasteiger partial charge in [-0.3, -0.25) is 0 Å². The molecule has 2 N–H and O–H groups in total. The van der Waals surface area contributed by atoms with E-state index in [0.29, 0.717) is 11.5 Å². The zero-order chi connectivity index (χ0) is 18.6. The van der Waals surface area contributed by atoms with Crippen molar-refractivity contribution < 1.29 is 10.2 Å². The molecule has 0 unspecified atom stereocenters. The molecule has 0 aliphatic rings. The van der Waals surface area contributed by atoms with Crippen LogP contribution in [0.2, 0.25) is 0 Å². The third kappa shape index (κ3) is 4.78. The van der Waals surface area contributed by atoms with Gasteiger partial charge in [-0.25, -0.2) is 0 Å². The van der Waals surface area contributed by atoms with Gasteiger partial charge in [-0.2, -0.15) is 0 Å². The molecule has 2 aromatic carbocycles. The number of aryl methyl sites for hydroxylation is 2. The molecule has 0 saturated carbocycles. The van der Waals surface area contributed by atoms with E-state index in [-0.39, 0.29) is 5.41 Å². The van der Waals surface area contributed by atoms with Crippen LogP contribution < -0.4 is 0 Å². The molecule has 25 heavy (non-hydrogen) atoms. The SMILES string of the molecule is CCCCCCc1cc(-c2ccc(O)c(C)c2)cc(C(C)(C)C)c1O. The molecule has 0 aromatic heterocycles. The van der Waals surface area contributed by atoms with Crippen LogP contribution in [0.15, 0.2) is 30.3 Å². The van der Waals surface area contributed by atoms with Crippen molar-refractivity contribution in [3.8, 4) is 22.6 Å². The van der Waals surface area contributed by atoms with E-state index >= 15 is 0 Å². The van der Waals surface area contributed by atoms with Crippen LogP contribution >= 0.6 is 0 Å². The molecule has 0 spiro atoms. The van der Waals surface area contributed by atoms with Crippen molar-refractivity contribution in [3.05, 3.63) is 47.0 Å². The lowest BCUT2D eigenvalue weighted by Crippen LogP contribution is -2.12. The molecule has 0 bridgehead atoms. The molecule has 0 saturated heterocycles. The van der Waals surface area contributed by atoms with Gasteiger partial charge in [0.05, 0.1) is 0 Å². The first kappa shape index (κ1) is 19.4. The van der Waals surface area contributed by atoms with Crippen molar-refractivity contribution in [1.82, 2.24) is 0 Å². The Morgan fingerprint density at radius 2 is 1.60 bits per heavy atom. The summed E-state index contributed by atoms with van der Waals surface area (Å²) < 4.78 is 0. The van der Waals surface area contributed by atoms with E-state index < -0.39 is 0 Å². The van der Waals surface area contributed by atoms with Crippen molar-refractivity contribution in [2.45, 2.75) is 72.1 Å². The first-order valence-electron chi connectivity index (χ1n) is 9.40. The van der Waals surface area contributed by atoms with Crippen LogP contribution in [0.3, 0.4) is 0 Å². The lowest BCUT2D eigenvalue weighted by molar-refractivity contribution is 0.439. The standard InChI is InChI=1S/C23H32O2/c1-6-7-8-9-10-18-14-19(15-20(22(18)25)23(3,4)5)17-11-12-21(24)16(2)13-17/h11-15,24-25H,6-10H2,1-5H3. The summed E-state index contributed by atoms with van der Waals surface area (Å²) in [7, 11) is 0. The van der Waals surface area contributed by atoms with Gasteiger partial charge in [0.15, 0.2) is 0 Å². The molecule has 2 rings (SSSR count). The van der Waals surface area contributed by atoms with E-state index in [4.69, 9.17) is 0 Å². The average molecular weight is 341 g/mol. The summed E-state index contributed by atoms with van der Waals surface area (Å²) in [6.07, 6.45) is 5.65. The summed E-state index contributed by atoms with van der Waals surface area (Å²) in [5.41, 5.74) is 4.95. The molecule has 2 heteroatoms. The van der Waals surface area contributed by atoms with Crippen LogP contribution in [0.4, 0.5) is 0 Å². The second-order valence-corrected chi connectivity index (χ2v) is 8.09. The molecule has 136 valence electrons. The second-order valence-electron chi connectivity index (χ2n) is 8.09. The van der Waals surface area contributed by atoms with Gasteiger partial charge in [0.2, 0.25) is 0 Å². The van der Waals surface area contributed by atoms with Gasteiger partial charge in [-0.1, -0.05) is 53.0 Å². The highest BCUT2D eigenvalue weighted by Crippen LogP contribution is 2.38. The number of rotatable bonds is 6. The van der Waals surface area contributed by atoms with Crippen LogP contribution in [0, 0.1) is 6.92 Å². The summed E-state index contributed by atoms with van der Waals surface area (Å²) >= 11 is 0. The molecule has 0 heterocycles. The number of hydrogen-bond acceptors (Lipinski definition) is 2. The Morgan fingerprint density at radius 3 is 2.20 bits per heavy atom. The Hall–Kier alpha value is -1.96. The Balaban J connectivity index is 2.46. The largest absolute Gasteiger partial charge is 0.508 e. The lowest BCUT2D eigenvalue weighted by atomic mass is 9.82. The van der Waals surface area contributed by atoms with Gasteiger partial charge in [0.1, 0.15) is 11.5 Å². The van der Waals surface area contributed by atoms with Crippen LogP contribution in [0.1, 0.15) is 70.1 Å². The maximum Gasteiger partial charge on any atom is 0.122 e. The van der Waals surface area contributed by atoms with Crippen LogP contribution in [0.5, 0.6) is 11.5 Å². The summed E-state index contributed by atoms with van der Waals surface area (Å²) in [5, 5.41) is 20.6. The zero-order valence-corrected chi connectivity index (χ0v) is 16.3. The van der Waals surface area contributed by atoms with E-state index in [2.05, 4.69) is 39.8 Å². The lowest BCUT2D eigenvalue weighted by Gasteiger charge is -2.24. The van der Waals surface area contributed by atoms with E-state index in [9.17, 15) is 10.2 Å². The van der Waals surface area contributed by atoms with Gasteiger partial charge < -0.3 is 10.2 Å². The molecule has 0 amide bonds. The molecule has 0 fully saturated rings. The third-order valence-electron chi connectivity index (χ3n) is 4.83. The monoisotopic (exact) mass is 340 g/mol. The van der Waals surface area contributed by atoms with Crippen molar-refractivity contribution in [3.63, 3.8) is 0 Å². The Labute approximate surface area is 152 Å². The maximum absolute atomic E-state index is 10.8. The van der Waals surface area contributed by atoms with Crippen molar-refractivity contribution >= 4 is 0 Å². The molecule has 0 atom stereocenters. The molecule has 2 aromatic rings. The molecule has 0 radical (unpaired) electrons. The first-order valence-corrected chi connectivity index (χ1v) is 9.40. The fourth-order valence-corrected chi connectivity index (χ4v) is 3.20. The predicted octanol–water partition coefficient (Wildman–Crippen LogP) is 6.49. The average Bonchev–Trinajstić information content (AvgIpc) is 2.54. The Kier molecular flexibility index (Phi) is 6.16. The topological polar surface area (TPSA) is 40.5 Å². The molecule has 2 nitrogen and oxygen atoms in total. The number of hydrogen-bond donors (Lipinski definition) is 2. The maximum atomic E-state index is 10.8. The number of aromatic hydroxyl groups is 2. The highest BCUT2D eigenvalue weighted by Gasteiger charge is 2.21. The quantitative estimate of drug-likeness (QED) is 0.590. The van der Waals surface area contributed by atoms with Crippen LogP contribution in [0.25, 0.3) is 11.1 Å². The van der Waals surface area contributed by atoms with E-state index in [1.54, 1.807) is 6.07 Å². The van der Waals surface area contributed by atoms with Gasteiger partial charge in [0, 0.05) is 5.56 Å². The minimum atomic E-state index is -0.121. The number of phenolic OH excluding ortho intramolecular Hbond substituents is 2. The minimum Gasteiger partial charge on any atom is -0.508 e. The van der Waals surface area contributed by atoms with Gasteiger partial charge in [-0.05, 0) is 71.7 Å². The summed E-state index contributed by atoms with van der Waals surface area (Å²) in [6, 6.07) is 9.91. The first-order chi connectivity index (χ1) is 11.7. The summed E-state index contributed by atoms with van der Waals surface area (Å²) in [5.74, 6) is 0.765. The number of phenols is 2. The smallest absolute Gasteiger partial charge is 0.122 e. The van der Waals surface area contributed by atoms with E-state index in [1.165, 1.54) is 19.3 Å². The summed E-state index contributed by atoms with van der Waals surface area (Å²) in [6.45, 7) is 10.5. The van der Waals surface area contributed by atoms with Crippen molar-refractivity contribution in [2.75, 3.05) is 0 Å². The van der Waals surface area contributed by atoms with Gasteiger partial charge in [0.25, 0.3) is 0 Å². The van der Waals surface area contributed by atoms with Crippen molar-refractivity contribution in [2.24, 2.45) is 0 Å². The van der Waals surface area contributed by atoms with E-state index in [0.717, 1.165) is 40.7 Å². The molecule has 0 aliphatic carbocycles. The van der Waals surface area contributed by atoms with Crippen LogP contribution in [-0.2, 0) is 11.8 Å². The fraction of sp³-hybridized carbons (Fsp3) is 0.478. The van der Waals surface area contributed by atoms with E-state index in [1.807, 2.05) is 19.1 Å². The normalized spacial score (nSPS) is 11.7. The van der Waals surface area contributed by atoms with Crippen molar-refractivity contribution in [1.29, 1.82) is 0 Å². The minimum absolute atomic E-state index is 0.121. The van der Waals surface area contributed by atoms with Gasteiger partial charge in [-0.15, -0.1) is 0 Å². The number of benzene rings is 2. The summed E-state index contributed by atoms with van der Waals surface area (Å²) in [4.78, 5) is 0. The second kappa shape index (κ2) is 7.95. The highest BCUT2D eigenvalue weighted by atomic mass is 16.3. The Morgan fingerprint density at radius 1 is 0.880 bits per heavy atom. The Bertz CT molecular complexity index is 724. The van der Waals surface area contributed by atoms with Crippen LogP contribution in [-0.4, -0.2) is 10.2 Å². The highest BCUT2D eigenvalue weighted by molar-refractivity contribution is 5.69. The predicted molar refractivity (Wildman–Crippen MR) is 106 cm³/mol. The zero-order valence-electron chi connectivity index (χ0n) is 16.3. The fourth-order valence-electron chi connectivity index (χ4n) is 3.20. The van der Waals surface area contributed by atoms with Gasteiger partial charge >= 0.3 is 0 Å².